The molecule has 13 aromatic rings. The highest BCUT2D eigenvalue weighted by Crippen LogP contribution is 2.44. The summed E-state index contributed by atoms with van der Waals surface area (Å²) in [6, 6.07) is 80.1. The molecule has 0 N–H and O–H groups in total. The number of rotatable bonds is 8. The third-order valence-electron chi connectivity index (χ3n) is 12.9. The number of benzene rings is 9. The summed E-state index contributed by atoms with van der Waals surface area (Å²) in [6.45, 7) is 0. The lowest BCUT2D eigenvalue weighted by Gasteiger charge is -2.18. The Morgan fingerprint density at radius 2 is 0.868 bits per heavy atom. The maximum atomic E-state index is 6.68. The fourth-order valence-corrected chi connectivity index (χ4v) is 9.75. The van der Waals surface area contributed by atoms with E-state index >= 15 is 0 Å². The largest absolute Gasteiger partial charge is 0.456 e. The van der Waals surface area contributed by atoms with Crippen LogP contribution < -0.4 is 0 Å². The minimum atomic E-state index is 0.520. The van der Waals surface area contributed by atoms with Crippen LogP contribution in [0.3, 0.4) is 0 Å². The van der Waals surface area contributed by atoms with Crippen LogP contribution in [-0.4, -0.2) is 24.5 Å². The predicted octanol–water partition coefficient (Wildman–Crippen LogP) is 15.9. The van der Waals surface area contributed by atoms with Gasteiger partial charge in [0.05, 0.1) is 16.7 Å². The molecule has 0 amide bonds. The maximum Gasteiger partial charge on any atom is 0.166 e. The first-order valence-electron chi connectivity index (χ1n) is 22.8. The van der Waals surface area contributed by atoms with Crippen LogP contribution in [0.25, 0.3) is 128 Å². The molecule has 13 rings (SSSR count). The van der Waals surface area contributed by atoms with E-state index in [9.17, 15) is 0 Å². The number of hydrogen-bond donors (Lipinski definition) is 0. The zero-order valence-electron chi connectivity index (χ0n) is 36.7. The van der Waals surface area contributed by atoms with E-state index < -0.39 is 0 Å². The van der Waals surface area contributed by atoms with E-state index in [-0.39, 0.29) is 0 Å². The fraction of sp³-hybridized carbons (Fsp3) is 0. The summed E-state index contributed by atoms with van der Waals surface area (Å²) in [5.74, 6) is 1.68. The van der Waals surface area contributed by atoms with Crippen molar-refractivity contribution in [3.63, 3.8) is 0 Å². The molecule has 4 heterocycles. The molecule has 0 aliphatic carbocycles. The Morgan fingerprint density at radius 3 is 1.50 bits per heavy atom. The topological polar surface area (TPSA) is 69.6 Å². The summed E-state index contributed by atoms with van der Waals surface area (Å²) < 4.78 is 9.03. The highest BCUT2D eigenvalue weighted by atomic mass is 16.3. The number of para-hydroxylation sites is 2. The van der Waals surface area contributed by atoms with Crippen LogP contribution in [0.4, 0.5) is 0 Å². The number of aromatic nitrogens is 5. The van der Waals surface area contributed by atoms with Crippen molar-refractivity contribution < 1.29 is 4.42 Å². The molecular weight excluding hydrogens is 831 g/mol. The van der Waals surface area contributed by atoms with Crippen molar-refractivity contribution in [2.24, 2.45) is 0 Å². The molecule has 0 radical (unpaired) electrons. The molecule has 0 aliphatic heterocycles. The van der Waals surface area contributed by atoms with Crippen LogP contribution in [0.5, 0.6) is 0 Å². The maximum absolute atomic E-state index is 6.68. The SMILES string of the molecule is c1ccc(-c2nc(-c3ccccc3)nc(-c3cc(-c4c(-c5ccccc5)cccc4-c4ccccc4)cnc3-c3ccc4oc5cc6c7ccccc7n(-c7ccccc7)c6cc5c4c3)n2)cc1. The molecule has 0 saturated carbocycles. The summed E-state index contributed by atoms with van der Waals surface area (Å²) >= 11 is 0. The summed E-state index contributed by atoms with van der Waals surface area (Å²) in [4.78, 5) is 21.1. The third-order valence-corrected chi connectivity index (χ3v) is 12.9. The molecule has 9 aromatic carbocycles. The molecule has 6 nitrogen and oxygen atoms in total. The van der Waals surface area contributed by atoms with Crippen LogP contribution >= 0.6 is 0 Å². The zero-order valence-corrected chi connectivity index (χ0v) is 36.7. The van der Waals surface area contributed by atoms with Gasteiger partial charge in [-0.25, -0.2) is 15.0 Å². The van der Waals surface area contributed by atoms with Crippen molar-refractivity contribution in [2.45, 2.75) is 0 Å². The standard InChI is InChI=1S/C62H39N5O/c1-6-19-40(20-7-1)47-30-18-31-48(41-21-8-2-9-22-41)58(47)45-36-53(62-65-60(42-23-10-3-11-24-42)64-61(66-62)43-25-12-4-13-26-43)59(63-39-45)44-33-34-56-51(35-44)52-37-55-50(38-57(52)68-56)49-29-16-17-32-54(49)67(55)46-27-14-5-15-28-46/h1-39H. The van der Waals surface area contributed by atoms with Crippen molar-refractivity contribution in [1.82, 2.24) is 24.5 Å². The van der Waals surface area contributed by atoms with Gasteiger partial charge in [-0.05, 0) is 82.4 Å². The van der Waals surface area contributed by atoms with Gasteiger partial charge in [-0.1, -0.05) is 176 Å². The van der Waals surface area contributed by atoms with Gasteiger partial charge >= 0.3 is 0 Å². The first kappa shape index (κ1) is 39.1. The number of nitrogens with zero attached hydrogens (tertiary/aromatic N) is 5. The quantitative estimate of drug-likeness (QED) is 0.152. The Bertz CT molecular complexity index is 3880. The van der Waals surface area contributed by atoms with Crippen LogP contribution in [-0.2, 0) is 0 Å². The number of hydrogen-bond acceptors (Lipinski definition) is 5. The molecule has 0 aliphatic rings. The smallest absolute Gasteiger partial charge is 0.166 e. The van der Waals surface area contributed by atoms with Crippen LogP contribution in [0, 0.1) is 0 Å². The Hall–Kier alpha value is -9.26. The van der Waals surface area contributed by atoms with Crippen LogP contribution in [0.2, 0.25) is 0 Å². The average molecular weight is 870 g/mol. The zero-order chi connectivity index (χ0) is 45.0. The molecule has 0 saturated heterocycles. The van der Waals surface area contributed by atoms with E-state index in [1.807, 2.05) is 66.9 Å². The number of furan rings is 1. The first-order valence-corrected chi connectivity index (χ1v) is 22.8. The molecule has 0 unspecified atom stereocenters. The minimum absolute atomic E-state index is 0.520. The Balaban J connectivity index is 1.08. The molecule has 0 atom stereocenters. The second kappa shape index (κ2) is 16.3. The van der Waals surface area contributed by atoms with Crippen molar-refractivity contribution in [3.05, 3.63) is 237 Å². The fourth-order valence-electron chi connectivity index (χ4n) is 9.75. The molecule has 4 aromatic heterocycles. The van der Waals surface area contributed by atoms with E-state index in [1.165, 1.54) is 5.39 Å². The van der Waals surface area contributed by atoms with Gasteiger partial charge in [-0.3, -0.25) is 4.98 Å². The highest BCUT2D eigenvalue weighted by Gasteiger charge is 2.23. The lowest BCUT2D eigenvalue weighted by molar-refractivity contribution is 0.669. The van der Waals surface area contributed by atoms with Crippen molar-refractivity contribution >= 4 is 43.7 Å². The van der Waals surface area contributed by atoms with E-state index in [0.29, 0.717) is 17.5 Å². The molecule has 0 spiro atoms. The third kappa shape index (κ3) is 6.74. The molecule has 0 fully saturated rings. The monoisotopic (exact) mass is 869 g/mol. The minimum Gasteiger partial charge on any atom is -0.456 e. The number of pyridine rings is 1. The van der Waals surface area contributed by atoms with Gasteiger partial charge in [-0.15, -0.1) is 0 Å². The predicted molar refractivity (Wildman–Crippen MR) is 277 cm³/mol. The molecule has 68 heavy (non-hydrogen) atoms. The van der Waals surface area contributed by atoms with Gasteiger partial charge in [0.25, 0.3) is 0 Å². The van der Waals surface area contributed by atoms with Crippen LogP contribution in [0.1, 0.15) is 0 Å². The molecule has 6 heteroatoms. The van der Waals surface area contributed by atoms with E-state index in [4.69, 9.17) is 24.4 Å². The van der Waals surface area contributed by atoms with E-state index in [0.717, 1.165) is 105 Å². The average Bonchev–Trinajstić information content (AvgIpc) is 3.95. The summed E-state index contributed by atoms with van der Waals surface area (Å²) in [6.07, 6.45) is 2.00. The first-order chi connectivity index (χ1) is 33.7. The van der Waals surface area contributed by atoms with Gasteiger partial charge in [0, 0.05) is 61.2 Å². The summed E-state index contributed by atoms with van der Waals surface area (Å²) in [7, 11) is 0. The number of fused-ring (bicyclic) bond motifs is 6. The summed E-state index contributed by atoms with van der Waals surface area (Å²) in [5.41, 5.74) is 15.6. The van der Waals surface area contributed by atoms with Gasteiger partial charge < -0.3 is 8.98 Å². The Labute approximate surface area is 392 Å². The van der Waals surface area contributed by atoms with Crippen molar-refractivity contribution in [2.75, 3.05) is 0 Å². The molecule has 0 bridgehead atoms. The lowest BCUT2D eigenvalue weighted by Crippen LogP contribution is -2.02. The van der Waals surface area contributed by atoms with Crippen molar-refractivity contribution in [1.29, 1.82) is 0 Å². The van der Waals surface area contributed by atoms with Gasteiger partial charge in [-0.2, -0.15) is 0 Å². The van der Waals surface area contributed by atoms with Crippen LogP contribution in [0.15, 0.2) is 241 Å². The second-order valence-corrected chi connectivity index (χ2v) is 17.0. The van der Waals surface area contributed by atoms with Gasteiger partial charge in [0.15, 0.2) is 17.5 Å². The normalized spacial score (nSPS) is 11.5. The Kier molecular flexibility index (Phi) is 9.39. The van der Waals surface area contributed by atoms with E-state index in [2.05, 4.69) is 174 Å². The second-order valence-electron chi connectivity index (χ2n) is 17.0. The van der Waals surface area contributed by atoms with Gasteiger partial charge in [0.2, 0.25) is 0 Å². The van der Waals surface area contributed by atoms with E-state index in [1.54, 1.807) is 0 Å². The van der Waals surface area contributed by atoms with Crippen molar-refractivity contribution in [3.8, 4) is 84.5 Å². The summed E-state index contributed by atoms with van der Waals surface area (Å²) in [5, 5.41) is 4.33. The highest BCUT2D eigenvalue weighted by molar-refractivity contribution is 6.17. The Morgan fingerprint density at radius 1 is 0.324 bits per heavy atom. The lowest BCUT2D eigenvalue weighted by atomic mass is 9.87. The molecule has 318 valence electrons. The van der Waals surface area contributed by atoms with Gasteiger partial charge in [0.1, 0.15) is 11.2 Å². The molecular formula is C62H39N5O.